The van der Waals surface area contributed by atoms with Crippen LogP contribution in [0.1, 0.15) is 2.74 Å². The van der Waals surface area contributed by atoms with E-state index in [9.17, 15) is 20.2 Å². The topological polar surface area (TPSA) is 111 Å². The summed E-state index contributed by atoms with van der Waals surface area (Å²) in [4.78, 5) is 19.6. The fourth-order valence-corrected chi connectivity index (χ4v) is 0.874. The molecule has 0 unspecified atom stereocenters. The molecule has 0 bridgehead atoms. The van der Waals surface area contributed by atoms with Crippen molar-refractivity contribution in [3.8, 4) is 0 Å². The molecule has 0 heterocycles. The molecule has 1 N–H and O–H groups in total. The third kappa shape index (κ3) is 3.09. The SMILES string of the molecule is [2H]c1cc(N([2H])/N=C/C=C)c([N+](=O)[O-])c([2H])c1[N+](=O)[O-]. The van der Waals surface area contributed by atoms with Crippen LogP contribution in [0.4, 0.5) is 17.1 Å². The number of nitrogens with one attached hydrogen (secondary N) is 1. The van der Waals surface area contributed by atoms with Crippen LogP contribution < -0.4 is 5.42 Å². The number of rotatable bonds is 5. The van der Waals surface area contributed by atoms with Gasteiger partial charge in [-0.3, -0.25) is 25.6 Å². The number of anilines is 1. The second-order valence-corrected chi connectivity index (χ2v) is 2.61. The first-order valence-electron chi connectivity index (χ1n) is 5.63. The van der Waals surface area contributed by atoms with Crippen LogP contribution >= 0.6 is 0 Å². The summed E-state index contributed by atoms with van der Waals surface area (Å²) < 4.78 is 22.4. The maximum absolute atomic E-state index is 10.9. The highest BCUT2D eigenvalue weighted by Crippen LogP contribution is 2.28. The molecule has 0 spiro atoms. The van der Waals surface area contributed by atoms with Crippen molar-refractivity contribution in [3.05, 3.63) is 51.0 Å². The Kier molecular flexibility index (Phi) is 2.64. The van der Waals surface area contributed by atoms with Crippen LogP contribution in [0.15, 0.2) is 35.9 Å². The molecule has 1 rings (SSSR count). The predicted molar refractivity (Wildman–Crippen MR) is 62.1 cm³/mol. The third-order valence-corrected chi connectivity index (χ3v) is 1.53. The summed E-state index contributed by atoms with van der Waals surface area (Å²) in [5.74, 6) is 0. The van der Waals surface area contributed by atoms with Crippen molar-refractivity contribution in [1.82, 2.24) is 0 Å². The van der Waals surface area contributed by atoms with Gasteiger partial charge in [-0.05, 0) is 12.1 Å². The van der Waals surface area contributed by atoms with Crippen LogP contribution in [0.25, 0.3) is 0 Å². The zero-order valence-corrected chi connectivity index (χ0v) is 8.36. The minimum Gasteiger partial charge on any atom is -0.272 e. The van der Waals surface area contributed by atoms with Crippen molar-refractivity contribution in [2.24, 2.45) is 5.10 Å². The lowest BCUT2D eigenvalue weighted by atomic mass is 10.2. The van der Waals surface area contributed by atoms with Gasteiger partial charge in [0, 0.05) is 12.3 Å². The van der Waals surface area contributed by atoms with Crippen LogP contribution in [0.3, 0.4) is 0 Å². The Morgan fingerprint density at radius 1 is 1.53 bits per heavy atom. The van der Waals surface area contributed by atoms with E-state index in [1.165, 1.54) is 6.08 Å². The molecule has 0 saturated heterocycles. The molecule has 0 aliphatic heterocycles. The average Bonchev–Trinajstić information content (AvgIpc) is 2.33. The van der Waals surface area contributed by atoms with Gasteiger partial charge in [-0.25, -0.2) is 0 Å². The largest absolute Gasteiger partial charge is 0.301 e. The maximum atomic E-state index is 10.9. The maximum Gasteiger partial charge on any atom is 0.301 e. The monoisotopic (exact) mass is 239 g/mol. The number of hydrogen-bond donors (Lipinski definition) is 1. The molecule has 0 saturated carbocycles. The van der Waals surface area contributed by atoms with E-state index in [1.54, 1.807) is 0 Å². The van der Waals surface area contributed by atoms with Crippen LogP contribution in [-0.4, -0.2) is 16.1 Å². The van der Waals surface area contributed by atoms with Crippen molar-refractivity contribution >= 4 is 23.3 Å². The predicted octanol–water partition coefficient (Wildman–Crippen LogP) is 2.09. The van der Waals surface area contributed by atoms with Gasteiger partial charge in [0.1, 0.15) is 5.69 Å². The Labute approximate surface area is 99.8 Å². The number of nitrogens with zero attached hydrogens (tertiary/aromatic N) is 3. The highest BCUT2D eigenvalue weighted by Gasteiger charge is 2.18. The van der Waals surface area contributed by atoms with Crippen LogP contribution in [0.5, 0.6) is 0 Å². The number of nitro benzene ring substituents is 2. The molecule has 1 aromatic carbocycles. The summed E-state index contributed by atoms with van der Waals surface area (Å²) in [6.07, 6.45) is 2.27. The first-order chi connectivity index (χ1) is 9.31. The van der Waals surface area contributed by atoms with E-state index in [4.69, 9.17) is 4.15 Å². The molecular formula is C9H8N4O4. The van der Waals surface area contributed by atoms with Crippen molar-refractivity contribution in [1.29, 1.82) is 0 Å². The van der Waals surface area contributed by atoms with Gasteiger partial charge in [0.25, 0.3) is 5.69 Å². The smallest absolute Gasteiger partial charge is 0.272 e. The van der Waals surface area contributed by atoms with E-state index in [0.29, 0.717) is 5.42 Å². The number of hydrazone groups is 1. The lowest BCUT2D eigenvalue weighted by Crippen LogP contribution is -1.98. The molecule has 8 nitrogen and oxygen atoms in total. The summed E-state index contributed by atoms with van der Waals surface area (Å²) in [5, 5.41) is 25.1. The van der Waals surface area contributed by atoms with Crippen molar-refractivity contribution in [3.63, 3.8) is 0 Å². The lowest BCUT2D eigenvalue weighted by Gasteiger charge is -2.01. The Morgan fingerprint density at radius 2 is 2.24 bits per heavy atom. The molecule has 0 aliphatic carbocycles. The zero-order chi connectivity index (χ0) is 15.4. The molecular weight excluding hydrogens is 228 g/mol. The molecule has 17 heavy (non-hydrogen) atoms. The Hall–Kier alpha value is -2.77. The van der Waals surface area contributed by atoms with Gasteiger partial charge in [0.05, 0.1) is 18.6 Å². The quantitative estimate of drug-likeness (QED) is 0.480. The van der Waals surface area contributed by atoms with Crippen molar-refractivity contribution in [2.45, 2.75) is 0 Å². The number of allylic oxidation sites excluding steroid dienone is 1. The Morgan fingerprint density at radius 3 is 2.76 bits per heavy atom. The summed E-state index contributed by atoms with van der Waals surface area (Å²) >= 11 is 0. The second kappa shape index (κ2) is 5.35. The molecule has 0 aromatic heterocycles. The van der Waals surface area contributed by atoms with Gasteiger partial charge < -0.3 is 0 Å². The highest BCUT2D eigenvalue weighted by molar-refractivity contribution is 5.72. The lowest BCUT2D eigenvalue weighted by molar-refractivity contribution is -0.393. The molecule has 88 valence electrons. The minimum atomic E-state index is -1.05. The van der Waals surface area contributed by atoms with Crippen LogP contribution in [0, 0.1) is 20.2 Å². The van der Waals surface area contributed by atoms with Gasteiger partial charge in [0.15, 0.2) is 1.41 Å². The zero-order valence-electron chi connectivity index (χ0n) is 11.4. The number of benzene rings is 1. The second-order valence-electron chi connectivity index (χ2n) is 2.61. The summed E-state index contributed by atoms with van der Waals surface area (Å²) in [5.41, 5.74) is -2.20. The summed E-state index contributed by atoms with van der Waals surface area (Å²) in [6, 6.07) is -1.03. The van der Waals surface area contributed by atoms with E-state index in [-0.39, 0.29) is 0 Å². The molecule has 1 aromatic rings. The molecule has 8 heteroatoms. The molecule has 0 fully saturated rings. The normalized spacial score (nSPS) is 12.6. The van der Waals surface area contributed by atoms with Gasteiger partial charge in [-0.1, -0.05) is 6.58 Å². The number of nitro groups is 2. The Bertz CT molecular complexity index is 620. The van der Waals surface area contributed by atoms with Gasteiger partial charge in [-0.2, -0.15) is 5.10 Å². The molecule has 0 amide bonds. The van der Waals surface area contributed by atoms with E-state index in [0.717, 1.165) is 12.3 Å². The first-order valence-corrected chi connectivity index (χ1v) is 4.18. The van der Waals surface area contributed by atoms with E-state index in [2.05, 4.69) is 11.7 Å². The molecule has 0 atom stereocenters. The Balaban J connectivity index is 3.61. The van der Waals surface area contributed by atoms with Crippen LogP contribution in [-0.2, 0) is 0 Å². The third-order valence-electron chi connectivity index (χ3n) is 1.53. The fourth-order valence-electron chi connectivity index (χ4n) is 0.874. The molecule has 0 radical (unpaired) electrons. The minimum absolute atomic E-state index is 0.291. The fraction of sp³-hybridized carbons (Fsp3) is 0. The van der Waals surface area contributed by atoms with E-state index in [1.807, 2.05) is 0 Å². The summed E-state index contributed by atoms with van der Waals surface area (Å²) in [7, 11) is 0. The highest BCUT2D eigenvalue weighted by atomic mass is 16.6. The van der Waals surface area contributed by atoms with Gasteiger partial charge >= 0.3 is 5.69 Å². The first kappa shape index (κ1) is 8.39. The van der Waals surface area contributed by atoms with Gasteiger partial charge in [0.2, 0.25) is 0 Å². The number of hydrogen-bond acceptors (Lipinski definition) is 6. The standard InChI is InChI=1S/C9H8N4O4/c1-2-5-10-11-8-4-3-7(12(14)15)6-9(8)13(16)17/h2-6,11H,1H2/b10-5+/i3D,6D/hD. The average molecular weight is 239 g/mol. The van der Waals surface area contributed by atoms with Gasteiger partial charge in [-0.15, -0.1) is 0 Å². The van der Waals surface area contributed by atoms with Crippen LogP contribution in [0.2, 0.25) is 1.41 Å². The summed E-state index contributed by atoms with van der Waals surface area (Å²) in [6.45, 7) is 3.30. The van der Waals surface area contributed by atoms with Crippen molar-refractivity contribution < 1.29 is 14.0 Å². The molecule has 0 aliphatic rings. The van der Waals surface area contributed by atoms with Crippen molar-refractivity contribution in [2.75, 3.05) is 5.42 Å². The van der Waals surface area contributed by atoms with E-state index >= 15 is 0 Å². The van der Waals surface area contributed by atoms with E-state index < -0.39 is 39.0 Å².